The van der Waals surface area contributed by atoms with E-state index in [0.29, 0.717) is 18.2 Å². The molecule has 1 heterocycles. The average molecular weight is 884 g/mol. The van der Waals surface area contributed by atoms with Crippen LogP contribution >= 0.6 is 0 Å². The largest absolute Gasteiger partial charge is 0.456 e. The second-order valence-corrected chi connectivity index (χ2v) is 17.6. The maximum atomic E-state index is 6.71. The van der Waals surface area contributed by atoms with E-state index < -0.39 is 0 Å². The molecule has 0 saturated carbocycles. The second-order valence-electron chi connectivity index (χ2n) is 17.6. The van der Waals surface area contributed by atoms with Crippen LogP contribution in [-0.2, 0) is 6.54 Å². The van der Waals surface area contributed by atoms with Gasteiger partial charge in [0.1, 0.15) is 17.0 Å². The molecule has 12 rings (SSSR count). The number of benzene rings is 11. The van der Waals surface area contributed by atoms with Crippen LogP contribution in [0.2, 0.25) is 0 Å². The maximum Gasteiger partial charge on any atom is 0.157 e. The first kappa shape index (κ1) is 41.3. The van der Waals surface area contributed by atoms with Crippen molar-refractivity contribution in [1.29, 1.82) is 0 Å². The Balaban J connectivity index is 0.916. The lowest BCUT2D eigenvalue weighted by Crippen LogP contribution is -2.16. The van der Waals surface area contributed by atoms with E-state index in [9.17, 15) is 0 Å². The van der Waals surface area contributed by atoms with Gasteiger partial charge in [-0.1, -0.05) is 182 Å². The van der Waals surface area contributed by atoms with Crippen molar-refractivity contribution in [2.45, 2.75) is 6.54 Å². The topological polar surface area (TPSA) is 63.9 Å². The van der Waals surface area contributed by atoms with E-state index in [1.165, 1.54) is 44.0 Å². The molecule has 0 aliphatic carbocycles. The van der Waals surface area contributed by atoms with Crippen molar-refractivity contribution in [2.75, 3.05) is 0 Å². The van der Waals surface area contributed by atoms with Gasteiger partial charge in [-0.3, -0.25) is 4.99 Å². The van der Waals surface area contributed by atoms with Crippen molar-refractivity contribution < 1.29 is 4.42 Å². The van der Waals surface area contributed by atoms with E-state index in [1.807, 2.05) is 42.5 Å². The van der Waals surface area contributed by atoms with Gasteiger partial charge >= 0.3 is 0 Å². The molecule has 11 aromatic carbocycles. The molecule has 1 aromatic heterocycles. The number of rotatable bonds is 9. The predicted octanol–water partition coefficient (Wildman–Crippen LogP) is 16.6. The van der Waals surface area contributed by atoms with Gasteiger partial charge in [0.15, 0.2) is 5.84 Å². The Morgan fingerprint density at radius 3 is 1.39 bits per heavy atom. The first-order chi connectivity index (χ1) is 34.1. The zero-order valence-electron chi connectivity index (χ0n) is 37.8. The van der Waals surface area contributed by atoms with E-state index in [-0.39, 0.29) is 0 Å². The van der Waals surface area contributed by atoms with Crippen LogP contribution in [0.1, 0.15) is 16.7 Å². The Bertz CT molecular complexity index is 3840. The molecule has 326 valence electrons. The summed E-state index contributed by atoms with van der Waals surface area (Å²) in [5.41, 5.74) is 22.7. The number of nitrogens with two attached hydrogens (primary N) is 1. The third-order valence-electron chi connectivity index (χ3n) is 13.1. The molecule has 0 aliphatic heterocycles. The number of nitrogens with zero attached hydrogens (tertiary/aromatic N) is 2. The zero-order valence-corrected chi connectivity index (χ0v) is 37.8. The highest BCUT2D eigenvalue weighted by molar-refractivity contribution is 6.18. The standard InChI is InChI=1S/C65H45N3O/c66-64(49-22-11-4-12-23-49)68-65(51-31-32-62-60(40-51)61-39-50-30-29-48-21-13-14-24-58(48)59(50)41-63(61)69-62)67-42-43-25-27-47(28-26-43)55-34-54(46-19-9-3-10-20-46)37-57(38-55)56-35-52(44-15-5-1-6-16-44)33-53(36-56)45-17-7-2-8-18-45/h1-41H,42H2,(H2,66,67,68). The summed E-state index contributed by atoms with van der Waals surface area (Å²) < 4.78 is 6.48. The lowest BCUT2D eigenvalue weighted by Gasteiger charge is -2.15. The summed E-state index contributed by atoms with van der Waals surface area (Å²) in [5.74, 6) is 0.954. The lowest BCUT2D eigenvalue weighted by molar-refractivity contribution is 0.669. The summed E-state index contributed by atoms with van der Waals surface area (Å²) in [6.07, 6.45) is 0. The average Bonchev–Trinajstić information content (AvgIpc) is 3.79. The quantitative estimate of drug-likeness (QED) is 0.0892. The van der Waals surface area contributed by atoms with Gasteiger partial charge in [-0.15, -0.1) is 0 Å². The Labute approximate surface area is 401 Å². The van der Waals surface area contributed by atoms with Gasteiger partial charge in [0.05, 0.1) is 6.54 Å². The Morgan fingerprint density at radius 1 is 0.333 bits per heavy atom. The third kappa shape index (κ3) is 8.37. The molecule has 0 radical (unpaired) electrons. The van der Waals surface area contributed by atoms with Gasteiger partial charge in [-0.2, -0.15) is 0 Å². The molecule has 69 heavy (non-hydrogen) atoms. The highest BCUT2D eigenvalue weighted by Gasteiger charge is 2.15. The fourth-order valence-corrected chi connectivity index (χ4v) is 9.51. The van der Waals surface area contributed by atoms with Gasteiger partial charge in [0, 0.05) is 21.9 Å². The molecule has 0 bridgehead atoms. The zero-order chi connectivity index (χ0) is 46.1. The Kier molecular flexibility index (Phi) is 10.7. The summed E-state index contributed by atoms with van der Waals surface area (Å²) in [6, 6.07) is 87.8. The van der Waals surface area contributed by atoms with Crippen LogP contribution in [0.5, 0.6) is 0 Å². The van der Waals surface area contributed by atoms with Crippen LogP contribution in [0, 0.1) is 0 Å². The van der Waals surface area contributed by atoms with Crippen LogP contribution in [-0.4, -0.2) is 11.7 Å². The molecular formula is C65H45N3O. The molecular weight excluding hydrogens is 839 g/mol. The number of aliphatic imine (C=N–C) groups is 2. The first-order valence-corrected chi connectivity index (χ1v) is 23.3. The van der Waals surface area contributed by atoms with Crippen LogP contribution in [0.15, 0.2) is 263 Å². The van der Waals surface area contributed by atoms with Crippen molar-refractivity contribution in [3.05, 3.63) is 265 Å². The number of furan rings is 1. The van der Waals surface area contributed by atoms with E-state index in [4.69, 9.17) is 20.1 Å². The molecule has 12 aromatic rings. The van der Waals surface area contributed by atoms with Gasteiger partial charge in [0.2, 0.25) is 0 Å². The number of fused-ring (bicyclic) bond motifs is 6. The van der Waals surface area contributed by atoms with E-state index >= 15 is 0 Å². The number of hydrogen-bond acceptors (Lipinski definition) is 2. The number of hydrogen-bond donors (Lipinski definition) is 1. The van der Waals surface area contributed by atoms with Gasteiger partial charge in [-0.05, 0) is 149 Å². The van der Waals surface area contributed by atoms with Crippen molar-refractivity contribution in [2.24, 2.45) is 15.7 Å². The second kappa shape index (κ2) is 17.9. The summed E-state index contributed by atoms with van der Waals surface area (Å²) >= 11 is 0. The van der Waals surface area contributed by atoms with E-state index in [2.05, 4.69) is 206 Å². The molecule has 0 spiro atoms. The summed E-state index contributed by atoms with van der Waals surface area (Å²) in [5, 5.41) is 6.79. The molecule has 0 saturated heterocycles. The van der Waals surface area contributed by atoms with Gasteiger partial charge < -0.3 is 10.2 Å². The molecule has 2 N–H and O–H groups in total. The summed E-state index contributed by atoms with van der Waals surface area (Å²) in [6.45, 7) is 0.410. The monoisotopic (exact) mass is 883 g/mol. The normalized spacial score (nSPS) is 12.1. The van der Waals surface area contributed by atoms with Crippen LogP contribution in [0.3, 0.4) is 0 Å². The van der Waals surface area contributed by atoms with Crippen molar-refractivity contribution >= 4 is 55.2 Å². The minimum Gasteiger partial charge on any atom is -0.456 e. The van der Waals surface area contributed by atoms with Crippen molar-refractivity contribution in [1.82, 2.24) is 0 Å². The SMILES string of the molecule is N/C(=N\C(=N/Cc1ccc(-c2cc(-c3ccccc3)cc(-c3cc(-c4ccccc4)cc(-c4ccccc4)c3)c2)cc1)c1ccc2oc3cc4c(ccc5ccccc54)cc3c2c1)c1ccccc1. The van der Waals surface area contributed by atoms with E-state index in [1.54, 1.807) is 0 Å². The molecule has 4 heteroatoms. The minimum atomic E-state index is 0.402. The lowest BCUT2D eigenvalue weighted by atomic mass is 9.90. The third-order valence-corrected chi connectivity index (χ3v) is 13.1. The first-order valence-electron chi connectivity index (χ1n) is 23.3. The van der Waals surface area contributed by atoms with Crippen molar-refractivity contribution in [3.8, 4) is 55.6 Å². The number of amidine groups is 2. The summed E-state index contributed by atoms with van der Waals surface area (Å²) in [4.78, 5) is 10.2. The highest BCUT2D eigenvalue weighted by Crippen LogP contribution is 2.39. The van der Waals surface area contributed by atoms with Crippen molar-refractivity contribution in [3.63, 3.8) is 0 Å². The van der Waals surface area contributed by atoms with Crippen LogP contribution in [0.25, 0.3) is 99.1 Å². The van der Waals surface area contributed by atoms with Crippen LogP contribution in [0.4, 0.5) is 0 Å². The molecule has 0 atom stereocenters. The van der Waals surface area contributed by atoms with Gasteiger partial charge in [0.25, 0.3) is 0 Å². The smallest absolute Gasteiger partial charge is 0.157 e. The Hall–Kier alpha value is -9.12. The predicted molar refractivity (Wildman–Crippen MR) is 290 cm³/mol. The fraction of sp³-hybridized carbons (Fsp3) is 0.0154. The molecule has 4 nitrogen and oxygen atoms in total. The van der Waals surface area contributed by atoms with Gasteiger partial charge in [-0.25, -0.2) is 4.99 Å². The Morgan fingerprint density at radius 2 is 0.812 bits per heavy atom. The van der Waals surface area contributed by atoms with E-state index in [0.717, 1.165) is 71.8 Å². The molecule has 0 aliphatic rings. The fourth-order valence-electron chi connectivity index (χ4n) is 9.51. The van der Waals surface area contributed by atoms with Crippen LogP contribution < -0.4 is 5.73 Å². The maximum absolute atomic E-state index is 6.71. The molecule has 0 amide bonds. The molecule has 0 unspecified atom stereocenters. The minimum absolute atomic E-state index is 0.402. The molecule has 0 fully saturated rings. The highest BCUT2D eigenvalue weighted by atomic mass is 16.3. The summed E-state index contributed by atoms with van der Waals surface area (Å²) in [7, 11) is 0.